The highest BCUT2D eigenvalue weighted by molar-refractivity contribution is 7.86. The molecule has 0 atom stereocenters. The maximum atomic E-state index is 13.0. The molecule has 2 fully saturated rings. The summed E-state index contributed by atoms with van der Waals surface area (Å²) in [4.78, 5) is 26.5. The van der Waals surface area contributed by atoms with Crippen LogP contribution in [0.15, 0.2) is 29.1 Å². The monoisotopic (exact) mass is 419 g/mol. The van der Waals surface area contributed by atoms with Gasteiger partial charge in [-0.15, -0.1) is 0 Å². The molecule has 0 aliphatic carbocycles. The predicted molar refractivity (Wildman–Crippen MR) is 109 cm³/mol. The van der Waals surface area contributed by atoms with Gasteiger partial charge < -0.3 is 4.90 Å². The van der Waals surface area contributed by atoms with Crippen LogP contribution in [0.4, 0.5) is 0 Å². The molecule has 9 nitrogen and oxygen atoms in total. The molecular formula is C19H25N5O4S. The van der Waals surface area contributed by atoms with Crippen LogP contribution < -0.4 is 5.56 Å². The van der Waals surface area contributed by atoms with Gasteiger partial charge >= 0.3 is 0 Å². The molecule has 1 N–H and O–H groups in total. The molecule has 0 spiro atoms. The lowest BCUT2D eigenvalue weighted by molar-refractivity contribution is 0.0689. The molecule has 3 heterocycles. The van der Waals surface area contributed by atoms with Crippen molar-refractivity contribution in [2.24, 2.45) is 0 Å². The molecule has 2 aliphatic heterocycles. The molecule has 2 aliphatic rings. The van der Waals surface area contributed by atoms with Crippen molar-refractivity contribution in [3.8, 4) is 0 Å². The number of nitrogens with zero attached hydrogens (tertiary/aromatic N) is 4. The van der Waals surface area contributed by atoms with Crippen LogP contribution in [0.3, 0.4) is 0 Å². The first-order chi connectivity index (χ1) is 14.0. The Morgan fingerprint density at radius 1 is 0.862 bits per heavy atom. The number of carbonyl (C=O) groups is 1. The number of amides is 1. The Labute approximate surface area is 169 Å². The normalized spacial score (nSPS) is 19.9. The topological polar surface area (TPSA) is 107 Å². The Hall–Kier alpha value is -2.30. The fourth-order valence-corrected chi connectivity index (χ4v) is 5.66. The number of aromatic nitrogens is 2. The van der Waals surface area contributed by atoms with Crippen LogP contribution >= 0.6 is 0 Å². The van der Waals surface area contributed by atoms with Gasteiger partial charge in [0.1, 0.15) is 0 Å². The van der Waals surface area contributed by atoms with E-state index >= 15 is 0 Å². The van der Waals surface area contributed by atoms with Crippen LogP contribution in [-0.4, -0.2) is 77.3 Å². The highest BCUT2D eigenvalue weighted by Gasteiger charge is 2.34. The van der Waals surface area contributed by atoms with Crippen LogP contribution in [0.5, 0.6) is 0 Å². The second kappa shape index (κ2) is 8.21. The van der Waals surface area contributed by atoms with Gasteiger partial charge in [-0.3, -0.25) is 9.59 Å². The van der Waals surface area contributed by atoms with Crippen molar-refractivity contribution >= 4 is 26.9 Å². The summed E-state index contributed by atoms with van der Waals surface area (Å²) >= 11 is 0. The minimum Gasteiger partial charge on any atom is -0.335 e. The van der Waals surface area contributed by atoms with Crippen LogP contribution in [0.25, 0.3) is 10.8 Å². The molecule has 2 aromatic rings. The second-order valence-electron chi connectivity index (χ2n) is 7.46. The van der Waals surface area contributed by atoms with Crippen molar-refractivity contribution in [1.82, 2.24) is 23.7 Å². The molecule has 1 aromatic heterocycles. The van der Waals surface area contributed by atoms with E-state index in [9.17, 15) is 18.0 Å². The first kappa shape index (κ1) is 20.0. The van der Waals surface area contributed by atoms with Gasteiger partial charge in [0.15, 0.2) is 5.69 Å². The van der Waals surface area contributed by atoms with Gasteiger partial charge in [0.25, 0.3) is 21.7 Å². The summed E-state index contributed by atoms with van der Waals surface area (Å²) in [6.07, 6.45) is 3.91. The van der Waals surface area contributed by atoms with E-state index in [0.29, 0.717) is 37.0 Å². The zero-order chi connectivity index (χ0) is 20.4. The SMILES string of the molecule is O=C(c1n[nH]c(=O)c2ccccc12)N1CCN(S(=O)(=O)N2CCCCCC2)CC1. The van der Waals surface area contributed by atoms with E-state index < -0.39 is 10.2 Å². The number of fused-ring (bicyclic) bond motifs is 1. The molecule has 1 amide bonds. The highest BCUT2D eigenvalue weighted by Crippen LogP contribution is 2.20. The maximum Gasteiger partial charge on any atom is 0.282 e. The number of hydrogen-bond acceptors (Lipinski definition) is 5. The van der Waals surface area contributed by atoms with Crippen molar-refractivity contribution in [2.45, 2.75) is 25.7 Å². The maximum absolute atomic E-state index is 13.0. The second-order valence-corrected chi connectivity index (χ2v) is 9.39. The number of rotatable bonds is 3. The van der Waals surface area contributed by atoms with Crippen molar-refractivity contribution in [3.63, 3.8) is 0 Å². The van der Waals surface area contributed by atoms with E-state index in [-0.39, 0.29) is 30.2 Å². The number of carbonyl (C=O) groups excluding carboxylic acids is 1. The Kier molecular flexibility index (Phi) is 5.66. The number of nitrogens with one attached hydrogen (secondary N) is 1. The summed E-state index contributed by atoms with van der Waals surface area (Å²) in [5, 5.41) is 7.25. The summed E-state index contributed by atoms with van der Waals surface area (Å²) in [6.45, 7) is 2.23. The van der Waals surface area contributed by atoms with E-state index in [0.717, 1.165) is 25.7 Å². The van der Waals surface area contributed by atoms with Crippen LogP contribution in [0.1, 0.15) is 36.2 Å². The van der Waals surface area contributed by atoms with Crippen molar-refractivity contribution in [1.29, 1.82) is 0 Å². The van der Waals surface area contributed by atoms with Crippen LogP contribution in [-0.2, 0) is 10.2 Å². The van der Waals surface area contributed by atoms with E-state index in [1.165, 1.54) is 4.31 Å². The van der Waals surface area contributed by atoms with E-state index in [2.05, 4.69) is 10.2 Å². The Bertz CT molecular complexity index is 1050. The minimum atomic E-state index is -3.50. The zero-order valence-corrected chi connectivity index (χ0v) is 17.0. The third kappa shape index (κ3) is 3.92. The van der Waals surface area contributed by atoms with E-state index in [4.69, 9.17) is 0 Å². The molecule has 4 rings (SSSR count). The Morgan fingerprint density at radius 2 is 1.45 bits per heavy atom. The average molecular weight is 420 g/mol. The fourth-order valence-electron chi connectivity index (χ4n) is 3.99. The Balaban J connectivity index is 1.48. The smallest absolute Gasteiger partial charge is 0.282 e. The van der Waals surface area contributed by atoms with Gasteiger partial charge in [-0.1, -0.05) is 31.0 Å². The molecule has 10 heteroatoms. The van der Waals surface area contributed by atoms with Crippen molar-refractivity contribution < 1.29 is 13.2 Å². The summed E-state index contributed by atoms with van der Waals surface area (Å²) in [5.74, 6) is -0.302. The number of hydrogen-bond donors (Lipinski definition) is 1. The third-order valence-electron chi connectivity index (χ3n) is 5.64. The van der Waals surface area contributed by atoms with Gasteiger partial charge in [0.2, 0.25) is 0 Å². The van der Waals surface area contributed by atoms with Crippen molar-refractivity contribution in [3.05, 3.63) is 40.3 Å². The number of piperazine rings is 1. The zero-order valence-electron chi connectivity index (χ0n) is 16.2. The molecular weight excluding hydrogens is 394 g/mol. The predicted octanol–water partition coefficient (Wildman–Crippen LogP) is 0.802. The molecule has 0 radical (unpaired) electrons. The number of H-pyrrole nitrogens is 1. The van der Waals surface area contributed by atoms with Crippen molar-refractivity contribution in [2.75, 3.05) is 39.3 Å². The minimum absolute atomic E-state index is 0.184. The first-order valence-corrected chi connectivity index (χ1v) is 11.4. The summed E-state index contributed by atoms with van der Waals surface area (Å²) in [7, 11) is -3.50. The highest BCUT2D eigenvalue weighted by atomic mass is 32.2. The fraction of sp³-hybridized carbons (Fsp3) is 0.526. The number of aromatic amines is 1. The summed E-state index contributed by atoms with van der Waals surface area (Å²) < 4.78 is 28.9. The average Bonchev–Trinajstić information content (AvgIpc) is 3.04. The van der Waals surface area contributed by atoms with Gasteiger partial charge in [-0.05, 0) is 18.9 Å². The summed E-state index contributed by atoms with van der Waals surface area (Å²) in [5.41, 5.74) is -0.158. The Morgan fingerprint density at radius 3 is 2.10 bits per heavy atom. The molecule has 2 saturated heterocycles. The largest absolute Gasteiger partial charge is 0.335 e. The molecule has 29 heavy (non-hydrogen) atoms. The van der Waals surface area contributed by atoms with E-state index in [1.54, 1.807) is 33.5 Å². The lowest BCUT2D eigenvalue weighted by atomic mass is 10.1. The molecule has 0 bridgehead atoms. The standard InChI is InChI=1S/C19H25N5O4S/c25-18-16-8-4-3-7-15(16)17(20-21-18)19(26)22-11-13-24(14-12-22)29(27,28)23-9-5-1-2-6-10-23/h3-4,7-8H,1-2,5-6,9-14H2,(H,21,25). The molecule has 0 saturated carbocycles. The quantitative estimate of drug-likeness (QED) is 0.792. The number of benzene rings is 1. The van der Waals surface area contributed by atoms with E-state index in [1.807, 2.05) is 0 Å². The van der Waals surface area contributed by atoms with Gasteiger partial charge in [-0.25, -0.2) is 5.10 Å². The molecule has 1 aromatic carbocycles. The summed E-state index contributed by atoms with van der Waals surface area (Å²) in [6, 6.07) is 6.84. The lowest BCUT2D eigenvalue weighted by Gasteiger charge is -2.36. The third-order valence-corrected chi connectivity index (χ3v) is 7.68. The van der Waals surface area contributed by atoms with Crippen LogP contribution in [0, 0.1) is 0 Å². The molecule has 156 valence electrons. The first-order valence-electron chi connectivity index (χ1n) is 10.0. The lowest BCUT2D eigenvalue weighted by Crippen LogP contribution is -2.54. The van der Waals surface area contributed by atoms with Gasteiger partial charge in [-0.2, -0.15) is 22.1 Å². The van der Waals surface area contributed by atoms with Gasteiger partial charge in [0, 0.05) is 44.7 Å². The van der Waals surface area contributed by atoms with Crippen LogP contribution in [0.2, 0.25) is 0 Å². The van der Waals surface area contributed by atoms with Gasteiger partial charge in [0.05, 0.1) is 5.39 Å². The molecule has 0 unspecified atom stereocenters.